The van der Waals surface area contributed by atoms with Gasteiger partial charge in [0.2, 0.25) is 5.91 Å². The predicted molar refractivity (Wildman–Crippen MR) is 43.8 cm³/mol. The molecule has 2 nitrogen and oxygen atoms in total. The van der Waals surface area contributed by atoms with Crippen molar-refractivity contribution in [2.45, 2.75) is 38.1 Å². The maximum Gasteiger partial charge on any atom is 0.220 e. The Kier molecular flexibility index (Phi) is 2.97. The van der Waals surface area contributed by atoms with Crippen LogP contribution < -0.4 is 5.32 Å². The van der Waals surface area contributed by atoms with Crippen LogP contribution in [-0.4, -0.2) is 11.9 Å². The van der Waals surface area contributed by atoms with E-state index in [2.05, 4.69) is 11.2 Å². The molecule has 60 valence electrons. The maximum absolute atomic E-state index is 11.0. The van der Waals surface area contributed by atoms with Gasteiger partial charge in [0.1, 0.15) is 0 Å². The Hall–Kier alpha value is -0.970. The molecule has 1 aliphatic carbocycles. The Morgan fingerprint density at radius 3 is 2.91 bits per heavy atom. The monoisotopic (exact) mass is 151 g/mol. The molecule has 1 fully saturated rings. The van der Waals surface area contributed by atoms with E-state index in [-0.39, 0.29) is 5.91 Å². The zero-order valence-electron chi connectivity index (χ0n) is 6.60. The molecule has 1 saturated carbocycles. The molecular weight excluding hydrogens is 138 g/mol. The lowest BCUT2D eigenvalue weighted by molar-refractivity contribution is -0.121. The quantitative estimate of drug-likeness (QED) is 0.472. The van der Waals surface area contributed by atoms with Crippen molar-refractivity contribution in [3.05, 3.63) is 0 Å². The number of hydrogen-bond donors (Lipinski definition) is 1. The van der Waals surface area contributed by atoms with Crippen molar-refractivity contribution in [1.29, 1.82) is 0 Å². The Morgan fingerprint density at radius 1 is 1.64 bits per heavy atom. The molecule has 1 N–H and O–H groups in total. The Bertz CT molecular complexity index is 176. The number of unbranched alkanes of at least 4 members (excludes halogenated alkanes) is 1. The van der Waals surface area contributed by atoms with E-state index < -0.39 is 0 Å². The van der Waals surface area contributed by atoms with Crippen molar-refractivity contribution >= 4 is 5.91 Å². The van der Waals surface area contributed by atoms with Gasteiger partial charge in [-0.3, -0.25) is 4.79 Å². The minimum absolute atomic E-state index is 0.155. The summed E-state index contributed by atoms with van der Waals surface area (Å²) in [6, 6.07) is 0.480. The molecule has 0 aliphatic heterocycles. The van der Waals surface area contributed by atoms with Gasteiger partial charge in [0.05, 0.1) is 0 Å². The lowest BCUT2D eigenvalue weighted by Crippen LogP contribution is -2.24. The fraction of sp³-hybridized carbons (Fsp3) is 0.667. The zero-order valence-corrected chi connectivity index (χ0v) is 6.60. The summed E-state index contributed by atoms with van der Waals surface area (Å²) in [4.78, 5) is 11.0. The van der Waals surface area contributed by atoms with Gasteiger partial charge in [0.25, 0.3) is 0 Å². The molecule has 0 aromatic heterocycles. The number of amides is 1. The average molecular weight is 151 g/mol. The summed E-state index contributed by atoms with van der Waals surface area (Å²) in [6.07, 6.45) is 9.46. The van der Waals surface area contributed by atoms with Crippen LogP contribution in [0.1, 0.15) is 32.1 Å². The van der Waals surface area contributed by atoms with Gasteiger partial charge >= 0.3 is 0 Å². The first kappa shape index (κ1) is 8.13. The molecule has 0 saturated heterocycles. The minimum Gasteiger partial charge on any atom is -0.353 e. The summed E-state index contributed by atoms with van der Waals surface area (Å²) in [5.74, 6) is 2.67. The van der Waals surface area contributed by atoms with Crippen LogP contribution in [0, 0.1) is 12.3 Å². The van der Waals surface area contributed by atoms with E-state index in [0.29, 0.717) is 18.9 Å². The number of carbonyl (C=O) groups excluding carboxylic acids is 1. The van der Waals surface area contributed by atoms with Crippen LogP contribution in [0.15, 0.2) is 0 Å². The van der Waals surface area contributed by atoms with Crippen molar-refractivity contribution < 1.29 is 4.79 Å². The number of terminal acetylenes is 1. The molecule has 2 heteroatoms. The van der Waals surface area contributed by atoms with Crippen molar-refractivity contribution in [3.63, 3.8) is 0 Å². The smallest absolute Gasteiger partial charge is 0.220 e. The molecule has 0 bridgehead atoms. The van der Waals surface area contributed by atoms with Crippen LogP contribution >= 0.6 is 0 Å². The second-order valence-electron chi connectivity index (χ2n) is 2.90. The number of carbonyl (C=O) groups is 1. The zero-order chi connectivity index (χ0) is 8.10. The van der Waals surface area contributed by atoms with Crippen molar-refractivity contribution in [2.24, 2.45) is 0 Å². The molecule has 1 aliphatic rings. The van der Waals surface area contributed by atoms with Crippen molar-refractivity contribution in [2.75, 3.05) is 0 Å². The van der Waals surface area contributed by atoms with E-state index >= 15 is 0 Å². The molecule has 11 heavy (non-hydrogen) atoms. The summed E-state index contributed by atoms with van der Waals surface area (Å²) in [5, 5.41) is 2.91. The average Bonchev–Trinajstić information content (AvgIpc) is 2.72. The van der Waals surface area contributed by atoms with E-state index in [9.17, 15) is 4.79 Å². The van der Waals surface area contributed by atoms with E-state index in [4.69, 9.17) is 6.42 Å². The van der Waals surface area contributed by atoms with Gasteiger partial charge in [0.15, 0.2) is 0 Å². The summed E-state index contributed by atoms with van der Waals surface area (Å²) >= 11 is 0. The topological polar surface area (TPSA) is 29.1 Å². The normalized spacial score (nSPS) is 15.5. The highest BCUT2D eigenvalue weighted by Gasteiger charge is 2.22. The summed E-state index contributed by atoms with van der Waals surface area (Å²) in [6.45, 7) is 0. The van der Waals surface area contributed by atoms with Gasteiger partial charge in [0, 0.05) is 18.9 Å². The highest BCUT2D eigenvalue weighted by molar-refractivity contribution is 5.76. The van der Waals surface area contributed by atoms with E-state index in [1.807, 2.05) is 0 Å². The molecular formula is C9H13NO. The second-order valence-corrected chi connectivity index (χ2v) is 2.90. The molecule has 0 heterocycles. The fourth-order valence-corrected chi connectivity index (χ4v) is 0.879. The lowest BCUT2D eigenvalue weighted by atomic mass is 10.2. The van der Waals surface area contributed by atoms with Crippen LogP contribution in [-0.2, 0) is 4.79 Å². The summed E-state index contributed by atoms with van der Waals surface area (Å²) in [7, 11) is 0. The molecule has 0 aromatic rings. The van der Waals surface area contributed by atoms with Gasteiger partial charge in [-0.15, -0.1) is 12.3 Å². The first-order chi connectivity index (χ1) is 5.33. The highest BCUT2D eigenvalue weighted by atomic mass is 16.1. The predicted octanol–water partition coefficient (Wildman–Crippen LogP) is 1.07. The van der Waals surface area contributed by atoms with Crippen molar-refractivity contribution in [1.82, 2.24) is 5.32 Å². The Morgan fingerprint density at radius 2 is 2.36 bits per heavy atom. The number of nitrogens with one attached hydrogen (secondary N) is 1. The van der Waals surface area contributed by atoms with Crippen LogP contribution in [0.3, 0.4) is 0 Å². The third-order valence-corrected chi connectivity index (χ3v) is 1.67. The molecule has 0 spiro atoms. The molecule has 0 atom stereocenters. The van der Waals surface area contributed by atoms with Gasteiger partial charge in [-0.25, -0.2) is 0 Å². The van der Waals surface area contributed by atoms with Gasteiger partial charge < -0.3 is 5.32 Å². The fourth-order valence-electron chi connectivity index (χ4n) is 0.879. The Balaban J connectivity index is 1.97. The molecule has 0 radical (unpaired) electrons. The van der Waals surface area contributed by atoms with Crippen LogP contribution in [0.4, 0.5) is 0 Å². The van der Waals surface area contributed by atoms with Crippen LogP contribution in [0.25, 0.3) is 0 Å². The largest absolute Gasteiger partial charge is 0.353 e. The maximum atomic E-state index is 11.0. The minimum atomic E-state index is 0.155. The highest BCUT2D eigenvalue weighted by Crippen LogP contribution is 2.18. The van der Waals surface area contributed by atoms with Gasteiger partial charge in [-0.1, -0.05) is 0 Å². The van der Waals surface area contributed by atoms with E-state index in [0.717, 1.165) is 19.3 Å². The molecule has 0 unspecified atom stereocenters. The summed E-state index contributed by atoms with van der Waals surface area (Å²) in [5.41, 5.74) is 0. The van der Waals surface area contributed by atoms with E-state index in [1.54, 1.807) is 0 Å². The van der Waals surface area contributed by atoms with Crippen LogP contribution in [0.5, 0.6) is 0 Å². The van der Waals surface area contributed by atoms with Gasteiger partial charge in [-0.2, -0.15) is 0 Å². The number of rotatable bonds is 4. The summed E-state index contributed by atoms with van der Waals surface area (Å²) < 4.78 is 0. The van der Waals surface area contributed by atoms with Crippen LogP contribution in [0.2, 0.25) is 0 Å². The first-order valence-corrected chi connectivity index (χ1v) is 4.06. The van der Waals surface area contributed by atoms with Crippen molar-refractivity contribution in [3.8, 4) is 12.3 Å². The molecule has 0 aromatic carbocycles. The molecule has 1 rings (SSSR count). The number of hydrogen-bond acceptors (Lipinski definition) is 1. The molecule has 1 amide bonds. The third-order valence-electron chi connectivity index (χ3n) is 1.67. The standard InChI is InChI=1S/C9H13NO/c1-2-3-4-5-9(11)10-8-6-7-8/h1,8H,3-7H2,(H,10,11). The van der Waals surface area contributed by atoms with Gasteiger partial charge in [-0.05, 0) is 19.3 Å². The second kappa shape index (κ2) is 4.02. The Labute approximate surface area is 67.4 Å². The van der Waals surface area contributed by atoms with E-state index in [1.165, 1.54) is 0 Å². The lowest BCUT2D eigenvalue weighted by Gasteiger charge is -1.99. The third kappa shape index (κ3) is 3.67. The first-order valence-electron chi connectivity index (χ1n) is 4.06. The SMILES string of the molecule is C#CCCCC(=O)NC1CC1.